The lowest BCUT2D eigenvalue weighted by atomic mass is 9.65. The highest BCUT2D eigenvalue weighted by Crippen LogP contribution is 2.60. The summed E-state index contributed by atoms with van der Waals surface area (Å²) >= 11 is 0. The van der Waals surface area contributed by atoms with E-state index < -0.39 is 5.41 Å². The molecule has 7 aromatic rings. The summed E-state index contributed by atoms with van der Waals surface area (Å²) in [5.41, 5.74) is 22.5. The summed E-state index contributed by atoms with van der Waals surface area (Å²) in [4.78, 5) is 2.49. The molecule has 7 aromatic carbocycles. The normalized spacial score (nSPS) is 15.8. The van der Waals surface area contributed by atoms with E-state index >= 15 is 0 Å². The smallest absolute Gasteiger partial charge is 0.0716 e. The van der Waals surface area contributed by atoms with E-state index in [4.69, 9.17) is 0 Å². The van der Waals surface area contributed by atoms with Crippen molar-refractivity contribution >= 4 is 33.8 Å². The summed E-state index contributed by atoms with van der Waals surface area (Å²) in [7, 11) is 0. The molecule has 3 aliphatic rings. The van der Waals surface area contributed by atoms with Crippen LogP contribution in [0.15, 0.2) is 182 Å². The molecule has 0 aromatic heterocycles. The van der Waals surface area contributed by atoms with Crippen LogP contribution in [0.3, 0.4) is 0 Å². The van der Waals surface area contributed by atoms with E-state index in [-0.39, 0.29) is 5.41 Å². The SMILES string of the molecule is CC1=C(c2ccccc2C)C(c2ccccc2)(c2ccccc2)c2cc(N(c3ccc(C4=CCCC=C4)cc3)c3ccc4c(c3)C(C)(C)c3ccc(C)cc3-4)ccc21. The molecular weight excluding hydrogens is 699 g/mol. The van der Waals surface area contributed by atoms with Crippen molar-refractivity contribution < 1.29 is 0 Å². The Morgan fingerprint density at radius 2 is 1.10 bits per heavy atom. The highest BCUT2D eigenvalue weighted by molar-refractivity contribution is 6.06. The van der Waals surface area contributed by atoms with Gasteiger partial charge in [0.05, 0.1) is 5.41 Å². The van der Waals surface area contributed by atoms with Crippen molar-refractivity contribution in [2.45, 2.75) is 58.3 Å². The van der Waals surface area contributed by atoms with Crippen LogP contribution in [0.4, 0.5) is 17.1 Å². The minimum Gasteiger partial charge on any atom is -0.310 e. The van der Waals surface area contributed by atoms with Crippen LogP contribution >= 0.6 is 0 Å². The summed E-state index contributed by atoms with van der Waals surface area (Å²) in [5.74, 6) is 0. The van der Waals surface area contributed by atoms with E-state index in [1.165, 1.54) is 83.5 Å². The van der Waals surface area contributed by atoms with Crippen LogP contribution in [0.1, 0.15) is 89.2 Å². The lowest BCUT2D eigenvalue weighted by Crippen LogP contribution is -2.29. The second kappa shape index (κ2) is 13.9. The standard InChI is InChI=1S/C57H49N/c1-38-25-34-52-51(35-38)50-33-31-46(36-53(50)56(52,4)5)58(45-28-26-42(27-29-45)41-18-9-6-10-19-41)47-30-32-49-40(3)55(48-24-16-15-17-39(48)2)57(54(49)37-47,43-20-11-7-12-21-43)44-22-13-8-14-23-44/h7-9,11-37H,6,10H2,1-5H3. The zero-order chi connectivity index (χ0) is 39.6. The fraction of sp³-hybridized carbons (Fsp3) is 0.158. The second-order valence-electron chi connectivity index (χ2n) is 17.0. The van der Waals surface area contributed by atoms with Gasteiger partial charge in [0.15, 0.2) is 0 Å². The van der Waals surface area contributed by atoms with Gasteiger partial charge in [-0.1, -0.05) is 165 Å². The Labute approximate surface area is 344 Å². The molecule has 0 fully saturated rings. The van der Waals surface area contributed by atoms with Gasteiger partial charge in [-0.3, -0.25) is 0 Å². The molecule has 0 N–H and O–H groups in total. The van der Waals surface area contributed by atoms with E-state index in [0.29, 0.717) is 0 Å². The van der Waals surface area contributed by atoms with Crippen molar-refractivity contribution in [3.05, 3.63) is 238 Å². The van der Waals surface area contributed by atoms with E-state index in [1.807, 2.05) is 0 Å². The zero-order valence-corrected chi connectivity index (χ0v) is 34.2. The number of rotatable bonds is 7. The largest absolute Gasteiger partial charge is 0.310 e. The summed E-state index contributed by atoms with van der Waals surface area (Å²) < 4.78 is 0. The van der Waals surface area contributed by atoms with Gasteiger partial charge >= 0.3 is 0 Å². The summed E-state index contributed by atoms with van der Waals surface area (Å²) in [6, 6.07) is 61.9. The molecule has 0 heterocycles. The molecule has 0 saturated carbocycles. The van der Waals surface area contributed by atoms with Crippen molar-refractivity contribution in [2.75, 3.05) is 4.90 Å². The number of allylic oxidation sites excluding steroid dienone is 6. The van der Waals surface area contributed by atoms with Crippen molar-refractivity contribution in [1.82, 2.24) is 0 Å². The first-order valence-corrected chi connectivity index (χ1v) is 20.8. The summed E-state index contributed by atoms with van der Waals surface area (Å²) in [6.45, 7) is 11.5. The minimum absolute atomic E-state index is 0.124. The molecule has 0 radical (unpaired) electrons. The molecule has 0 aliphatic heterocycles. The quantitative estimate of drug-likeness (QED) is 0.157. The van der Waals surface area contributed by atoms with Gasteiger partial charge in [-0.15, -0.1) is 0 Å². The van der Waals surface area contributed by atoms with Crippen LogP contribution in [-0.2, 0) is 10.8 Å². The highest BCUT2D eigenvalue weighted by atomic mass is 15.1. The lowest BCUT2D eigenvalue weighted by molar-refractivity contribution is 0.660. The first-order chi connectivity index (χ1) is 28.3. The molecule has 282 valence electrons. The monoisotopic (exact) mass is 747 g/mol. The van der Waals surface area contributed by atoms with Crippen LogP contribution < -0.4 is 4.90 Å². The maximum Gasteiger partial charge on any atom is 0.0716 e. The van der Waals surface area contributed by atoms with Gasteiger partial charge in [0.25, 0.3) is 0 Å². The molecular formula is C57H49N. The van der Waals surface area contributed by atoms with E-state index in [1.54, 1.807) is 0 Å². The Balaban J connectivity index is 1.22. The van der Waals surface area contributed by atoms with Gasteiger partial charge in [0.2, 0.25) is 0 Å². The Kier molecular flexibility index (Phi) is 8.61. The van der Waals surface area contributed by atoms with Gasteiger partial charge in [-0.25, -0.2) is 0 Å². The average Bonchev–Trinajstić information content (AvgIpc) is 3.65. The van der Waals surface area contributed by atoms with Gasteiger partial charge < -0.3 is 4.90 Å². The molecule has 0 spiro atoms. The number of nitrogens with zero attached hydrogens (tertiary/aromatic N) is 1. The number of fused-ring (bicyclic) bond motifs is 4. The minimum atomic E-state index is -0.543. The fourth-order valence-electron chi connectivity index (χ4n) is 10.3. The summed E-state index contributed by atoms with van der Waals surface area (Å²) in [5, 5.41) is 0. The van der Waals surface area contributed by atoms with E-state index in [2.05, 4.69) is 222 Å². The molecule has 0 unspecified atom stereocenters. The van der Waals surface area contributed by atoms with Crippen LogP contribution in [0.25, 0.3) is 27.8 Å². The van der Waals surface area contributed by atoms with Gasteiger partial charge in [0.1, 0.15) is 0 Å². The van der Waals surface area contributed by atoms with Gasteiger partial charge in [-0.2, -0.15) is 0 Å². The maximum atomic E-state index is 2.50. The number of benzene rings is 7. The third-order valence-electron chi connectivity index (χ3n) is 13.2. The number of anilines is 3. The Morgan fingerprint density at radius 3 is 1.76 bits per heavy atom. The number of aryl methyl sites for hydroxylation is 2. The van der Waals surface area contributed by atoms with Crippen molar-refractivity contribution in [2.24, 2.45) is 0 Å². The van der Waals surface area contributed by atoms with Crippen molar-refractivity contribution in [3.8, 4) is 11.1 Å². The van der Waals surface area contributed by atoms with Gasteiger partial charge in [0, 0.05) is 22.5 Å². The molecule has 0 amide bonds. The summed E-state index contributed by atoms with van der Waals surface area (Å²) in [6.07, 6.45) is 9.12. The lowest BCUT2D eigenvalue weighted by Gasteiger charge is -2.37. The molecule has 0 atom stereocenters. The topological polar surface area (TPSA) is 3.24 Å². The predicted octanol–water partition coefficient (Wildman–Crippen LogP) is 15.1. The third-order valence-corrected chi connectivity index (χ3v) is 13.2. The Morgan fingerprint density at radius 1 is 0.483 bits per heavy atom. The van der Waals surface area contributed by atoms with Gasteiger partial charge in [-0.05, 0) is 148 Å². The predicted molar refractivity (Wildman–Crippen MR) is 246 cm³/mol. The highest BCUT2D eigenvalue weighted by Gasteiger charge is 2.48. The number of hydrogen-bond acceptors (Lipinski definition) is 1. The molecule has 58 heavy (non-hydrogen) atoms. The molecule has 1 nitrogen and oxygen atoms in total. The fourth-order valence-corrected chi connectivity index (χ4v) is 10.3. The Bertz CT molecular complexity index is 2770. The van der Waals surface area contributed by atoms with Crippen LogP contribution in [0.5, 0.6) is 0 Å². The van der Waals surface area contributed by atoms with E-state index in [9.17, 15) is 0 Å². The Hall–Kier alpha value is -6.44. The number of hydrogen-bond donors (Lipinski definition) is 0. The van der Waals surface area contributed by atoms with Crippen LogP contribution in [0.2, 0.25) is 0 Å². The molecule has 1 heteroatoms. The van der Waals surface area contributed by atoms with E-state index in [0.717, 1.165) is 29.9 Å². The van der Waals surface area contributed by atoms with Crippen LogP contribution in [0, 0.1) is 13.8 Å². The van der Waals surface area contributed by atoms with Crippen molar-refractivity contribution in [3.63, 3.8) is 0 Å². The average molecular weight is 748 g/mol. The van der Waals surface area contributed by atoms with Crippen molar-refractivity contribution in [1.29, 1.82) is 0 Å². The zero-order valence-electron chi connectivity index (χ0n) is 34.2. The van der Waals surface area contributed by atoms with Crippen LogP contribution in [-0.4, -0.2) is 0 Å². The molecule has 0 bridgehead atoms. The first-order valence-electron chi connectivity index (χ1n) is 20.8. The first kappa shape index (κ1) is 35.9. The third kappa shape index (κ3) is 5.52. The molecule has 3 aliphatic carbocycles. The molecule has 0 saturated heterocycles. The molecule has 10 rings (SSSR count). The second-order valence-corrected chi connectivity index (χ2v) is 17.0. The maximum absolute atomic E-state index is 2.50.